The van der Waals surface area contributed by atoms with Crippen LogP contribution in [-0.4, -0.2) is 57.0 Å². The number of likely N-dealkylation sites (tertiary alicyclic amines) is 1. The van der Waals surface area contributed by atoms with Crippen LogP contribution in [0, 0.1) is 5.92 Å². The minimum Gasteiger partial charge on any atom is -0.493 e. The van der Waals surface area contributed by atoms with Gasteiger partial charge in [0.2, 0.25) is 0 Å². The van der Waals surface area contributed by atoms with Crippen molar-refractivity contribution in [2.24, 2.45) is 5.92 Å². The summed E-state index contributed by atoms with van der Waals surface area (Å²) in [6, 6.07) is 7.16. The molecule has 1 saturated heterocycles. The molecule has 0 unspecified atom stereocenters. The van der Waals surface area contributed by atoms with Gasteiger partial charge in [-0.15, -0.1) is 0 Å². The Kier molecular flexibility index (Phi) is 6.70. The summed E-state index contributed by atoms with van der Waals surface area (Å²) in [5.41, 5.74) is 0. The second kappa shape index (κ2) is 8.56. The van der Waals surface area contributed by atoms with Crippen LogP contribution in [0.1, 0.15) is 26.7 Å². The largest absolute Gasteiger partial charge is 0.493 e. The van der Waals surface area contributed by atoms with Gasteiger partial charge in [0.25, 0.3) is 5.91 Å². The van der Waals surface area contributed by atoms with E-state index in [1.54, 1.807) is 24.1 Å². The van der Waals surface area contributed by atoms with Gasteiger partial charge in [0, 0.05) is 13.1 Å². The quantitative estimate of drug-likeness (QED) is 0.736. The zero-order valence-corrected chi connectivity index (χ0v) is 15.9. The number of methoxy groups -OCH3 is 1. The maximum Gasteiger partial charge on any atom is 0.260 e. The molecule has 0 saturated carbocycles. The minimum absolute atomic E-state index is 0.0796. The molecule has 0 bridgehead atoms. The van der Waals surface area contributed by atoms with E-state index in [1.807, 2.05) is 26.0 Å². The highest BCUT2D eigenvalue weighted by molar-refractivity contribution is 7.92. The van der Waals surface area contributed by atoms with E-state index in [0.717, 1.165) is 0 Å². The minimum atomic E-state index is -3.08. The number of carbonyl (C=O) groups is 1. The van der Waals surface area contributed by atoms with E-state index in [0.29, 0.717) is 37.4 Å². The maximum absolute atomic E-state index is 12.3. The van der Waals surface area contributed by atoms with Crippen LogP contribution in [0.5, 0.6) is 11.5 Å². The summed E-state index contributed by atoms with van der Waals surface area (Å²) in [6.45, 7) is 4.65. The number of sulfone groups is 1. The SMILES string of the molecule is COc1ccccc1OCC(=O)N1CCC(S(=O)(=O)CC(C)C)CC1. The number of rotatable bonds is 7. The third kappa shape index (κ3) is 5.36. The van der Waals surface area contributed by atoms with Gasteiger partial charge in [-0.25, -0.2) is 8.42 Å². The third-order valence-corrected chi connectivity index (χ3v) is 6.91. The van der Waals surface area contributed by atoms with E-state index >= 15 is 0 Å². The monoisotopic (exact) mass is 369 g/mol. The molecule has 1 amide bonds. The number of benzene rings is 1. The van der Waals surface area contributed by atoms with E-state index in [1.165, 1.54) is 0 Å². The summed E-state index contributed by atoms with van der Waals surface area (Å²) >= 11 is 0. The standard InChI is InChI=1S/C18H27NO5S/c1-14(2)13-25(21,22)15-8-10-19(11-9-15)18(20)12-24-17-7-5-4-6-16(17)23-3/h4-7,14-15H,8-13H2,1-3H3. The molecule has 0 N–H and O–H groups in total. The molecule has 1 aliphatic heterocycles. The highest BCUT2D eigenvalue weighted by atomic mass is 32.2. The second-order valence-corrected chi connectivity index (χ2v) is 9.07. The number of hydrogen-bond acceptors (Lipinski definition) is 5. The molecule has 1 aromatic rings. The van der Waals surface area contributed by atoms with Crippen LogP contribution < -0.4 is 9.47 Å². The molecule has 25 heavy (non-hydrogen) atoms. The summed E-state index contributed by atoms with van der Waals surface area (Å²) in [7, 11) is -1.53. The highest BCUT2D eigenvalue weighted by Gasteiger charge is 2.31. The summed E-state index contributed by atoms with van der Waals surface area (Å²) < 4.78 is 35.4. The molecular formula is C18H27NO5S. The van der Waals surface area contributed by atoms with Crippen molar-refractivity contribution in [3.8, 4) is 11.5 Å². The van der Waals surface area contributed by atoms with Crippen LogP contribution in [0.3, 0.4) is 0 Å². The molecule has 1 heterocycles. The van der Waals surface area contributed by atoms with E-state index in [4.69, 9.17) is 9.47 Å². The lowest BCUT2D eigenvalue weighted by Gasteiger charge is -2.32. The number of hydrogen-bond donors (Lipinski definition) is 0. The van der Waals surface area contributed by atoms with Crippen molar-refractivity contribution in [3.63, 3.8) is 0 Å². The Bertz CT molecular complexity index is 678. The number of amides is 1. The molecule has 6 nitrogen and oxygen atoms in total. The first kappa shape index (κ1) is 19.6. The molecule has 140 valence electrons. The lowest BCUT2D eigenvalue weighted by Crippen LogP contribution is -2.45. The van der Waals surface area contributed by atoms with Gasteiger partial charge in [0.15, 0.2) is 27.9 Å². The Hall–Kier alpha value is -1.76. The fraction of sp³-hybridized carbons (Fsp3) is 0.611. The van der Waals surface area contributed by atoms with Crippen molar-refractivity contribution in [2.75, 3.05) is 32.6 Å². The van der Waals surface area contributed by atoms with Gasteiger partial charge < -0.3 is 14.4 Å². The van der Waals surface area contributed by atoms with Gasteiger partial charge >= 0.3 is 0 Å². The van der Waals surface area contributed by atoms with Crippen molar-refractivity contribution in [2.45, 2.75) is 31.9 Å². The van der Waals surface area contributed by atoms with E-state index in [2.05, 4.69) is 0 Å². The Morgan fingerprint density at radius 3 is 2.36 bits per heavy atom. The zero-order chi connectivity index (χ0) is 18.4. The lowest BCUT2D eigenvalue weighted by atomic mass is 10.1. The molecule has 7 heteroatoms. The number of piperidine rings is 1. The van der Waals surface area contributed by atoms with E-state index in [-0.39, 0.29) is 29.4 Å². The topological polar surface area (TPSA) is 72.9 Å². The maximum atomic E-state index is 12.3. The lowest BCUT2D eigenvalue weighted by molar-refractivity contribution is -0.134. The summed E-state index contributed by atoms with van der Waals surface area (Å²) in [5, 5.41) is -0.339. The average molecular weight is 369 g/mol. The van der Waals surface area contributed by atoms with Crippen molar-refractivity contribution in [1.29, 1.82) is 0 Å². The van der Waals surface area contributed by atoms with Crippen molar-refractivity contribution in [3.05, 3.63) is 24.3 Å². The first-order chi connectivity index (χ1) is 11.8. The van der Waals surface area contributed by atoms with Gasteiger partial charge in [-0.1, -0.05) is 26.0 Å². The number of para-hydroxylation sites is 2. The zero-order valence-electron chi connectivity index (χ0n) is 15.1. The van der Waals surface area contributed by atoms with Crippen molar-refractivity contribution in [1.82, 2.24) is 4.90 Å². The van der Waals surface area contributed by atoms with Crippen molar-refractivity contribution >= 4 is 15.7 Å². The normalized spacial score (nSPS) is 16.1. The van der Waals surface area contributed by atoms with Crippen LogP contribution >= 0.6 is 0 Å². The second-order valence-electron chi connectivity index (χ2n) is 6.74. The molecule has 1 fully saturated rings. The fourth-order valence-corrected chi connectivity index (χ4v) is 5.16. The number of ether oxygens (including phenoxy) is 2. The summed E-state index contributed by atoms with van der Waals surface area (Å²) in [6.07, 6.45) is 0.991. The van der Waals surface area contributed by atoms with Gasteiger partial charge in [0.1, 0.15) is 0 Å². The Morgan fingerprint density at radius 2 is 1.80 bits per heavy atom. The Labute approximate surface area is 150 Å². The average Bonchev–Trinajstić information content (AvgIpc) is 2.59. The van der Waals surface area contributed by atoms with E-state index in [9.17, 15) is 13.2 Å². The van der Waals surface area contributed by atoms with Crippen LogP contribution in [-0.2, 0) is 14.6 Å². The van der Waals surface area contributed by atoms with Gasteiger partial charge in [-0.05, 0) is 30.9 Å². The molecule has 0 atom stereocenters. The van der Waals surface area contributed by atoms with Gasteiger partial charge in [-0.2, -0.15) is 0 Å². The number of nitrogens with zero attached hydrogens (tertiary/aromatic N) is 1. The molecule has 1 aliphatic rings. The molecule has 0 aliphatic carbocycles. The summed E-state index contributed by atoms with van der Waals surface area (Å²) in [5.74, 6) is 1.30. The Morgan fingerprint density at radius 1 is 1.20 bits per heavy atom. The van der Waals surface area contributed by atoms with Gasteiger partial charge in [0.05, 0.1) is 18.1 Å². The molecule has 0 aromatic heterocycles. The Balaban J connectivity index is 1.85. The van der Waals surface area contributed by atoms with Crippen molar-refractivity contribution < 1.29 is 22.7 Å². The highest BCUT2D eigenvalue weighted by Crippen LogP contribution is 2.26. The molecule has 0 radical (unpaired) electrons. The van der Waals surface area contributed by atoms with Crippen LogP contribution in [0.4, 0.5) is 0 Å². The van der Waals surface area contributed by atoms with Crippen LogP contribution in [0.15, 0.2) is 24.3 Å². The smallest absolute Gasteiger partial charge is 0.260 e. The molecular weight excluding hydrogens is 342 g/mol. The molecule has 1 aromatic carbocycles. The number of carbonyl (C=O) groups excluding carboxylic acids is 1. The fourth-order valence-electron chi connectivity index (χ4n) is 3.03. The first-order valence-electron chi connectivity index (χ1n) is 8.58. The van der Waals surface area contributed by atoms with Gasteiger partial charge in [-0.3, -0.25) is 4.79 Å². The predicted octanol–water partition coefficient (Wildman–Crippen LogP) is 2.14. The van der Waals surface area contributed by atoms with Crippen LogP contribution in [0.2, 0.25) is 0 Å². The molecule has 2 rings (SSSR count). The van der Waals surface area contributed by atoms with Crippen LogP contribution in [0.25, 0.3) is 0 Å². The summed E-state index contributed by atoms with van der Waals surface area (Å²) in [4.78, 5) is 14.0. The molecule has 0 spiro atoms. The van der Waals surface area contributed by atoms with E-state index < -0.39 is 9.84 Å². The first-order valence-corrected chi connectivity index (χ1v) is 10.3. The third-order valence-electron chi connectivity index (χ3n) is 4.29. The predicted molar refractivity (Wildman–Crippen MR) is 96.7 cm³/mol.